The van der Waals surface area contributed by atoms with Gasteiger partial charge in [-0.3, -0.25) is 4.90 Å². The van der Waals surface area contributed by atoms with Gasteiger partial charge in [0.1, 0.15) is 0 Å². The van der Waals surface area contributed by atoms with Crippen LogP contribution in [-0.2, 0) is 4.74 Å². The van der Waals surface area contributed by atoms with Gasteiger partial charge in [-0.15, -0.1) is 0 Å². The molecule has 5 nitrogen and oxygen atoms in total. The number of aromatic carboxylic acids is 1. The van der Waals surface area contributed by atoms with Crippen molar-refractivity contribution in [3.05, 3.63) is 27.7 Å². The van der Waals surface area contributed by atoms with E-state index in [0.29, 0.717) is 0 Å². The number of unbranched alkanes of at least 4 members (excludes halogenated alkanes) is 1. The summed E-state index contributed by atoms with van der Waals surface area (Å²) in [6.07, 6.45) is 0.980. The summed E-state index contributed by atoms with van der Waals surface area (Å²) in [5.41, 5.74) is -0.0423. The zero-order chi connectivity index (χ0) is 16.0. The monoisotopic (exact) mass is 333 g/mol. The standard InChI is InChI=1S/C14H17Cl2NO4/c1-3-5-8-21-14(20)17(4-2)12-9(13(18)19)6-7-10(15)11(12)16/h6-7H,3-5,8H2,1-2H3,(H,18,19). The Hall–Kier alpha value is -1.46. The number of carboxylic acid groups (broad SMARTS) is 1. The molecule has 0 heterocycles. The number of carbonyl (C=O) groups excluding carboxylic acids is 1. The highest BCUT2D eigenvalue weighted by molar-refractivity contribution is 6.44. The van der Waals surface area contributed by atoms with Crippen LogP contribution in [0, 0.1) is 0 Å². The molecule has 1 aromatic carbocycles. The highest BCUT2D eigenvalue weighted by Crippen LogP contribution is 2.36. The Labute approximate surface area is 133 Å². The number of benzene rings is 1. The second-order valence-electron chi connectivity index (χ2n) is 4.27. The molecule has 0 unspecified atom stereocenters. The fraction of sp³-hybridized carbons (Fsp3) is 0.429. The SMILES string of the molecule is CCCCOC(=O)N(CC)c1c(C(=O)O)ccc(Cl)c1Cl. The Kier molecular flexibility index (Phi) is 6.78. The number of hydrogen-bond acceptors (Lipinski definition) is 3. The number of ether oxygens (including phenoxy) is 1. The minimum atomic E-state index is -1.19. The highest BCUT2D eigenvalue weighted by Gasteiger charge is 2.25. The van der Waals surface area contributed by atoms with Gasteiger partial charge in [-0.05, 0) is 25.5 Å². The Balaban J connectivity index is 3.18. The van der Waals surface area contributed by atoms with E-state index < -0.39 is 12.1 Å². The Bertz CT molecular complexity index is 534. The van der Waals surface area contributed by atoms with Crippen molar-refractivity contribution >= 4 is 41.0 Å². The first kappa shape index (κ1) is 17.6. The number of carbonyl (C=O) groups is 2. The van der Waals surface area contributed by atoms with Gasteiger partial charge in [0.15, 0.2) is 0 Å². The molecule has 116 valence electrons. The third-order valence-electron chi connectivity index (χ3n) is 2.83. The Morgan fingerprint density at radius 3 is 2.48 bits per heavy atom. The number of anilines is 1. The summed E-state index contributed by atoms with van der Waals surface area (Å²) >= 11 is 12.0. The third-order valence-corrected chi connectivity index (χ3v) is 3.62. The van der Waals surface area contributed by atoms with Gasteiger partial charge in [0.25, 0.3) is 0 Å². The van der Waals surface area contributed by atoms with Crippen molar-refractivity contribution in [3.8, 4) is 0 Å². The maximum absolute atomic E-state index is 12.1. The molecule has 0 aromatic heterocycles. The molecule has 21 heavy (non-hydrogen) atoms. The van der Waals surface area contributed by atoms with E-state index in [0.717, 1.165) is 12.8 Å². The van der Waals surface area contributed by atoms with Crippen molar-refractivity contribution in [2.24, 2.45) is 0 Å². The predicted molar refractivity (Wildman–Crippen MR) is 82.7 cm³/mol. The lowest BCUT2D eigenvalue weighted by atomic mass is 10.1. The van der Waals surface area contributed by atoms with E-state index in [-0.39, 0.29) is 34.4 Å². The van der Waals surface area contributed by atoms with Gasteiger partial charge in [0.2, 0.25) is 0 Å². The predicted octanol–water partition coefficient (Wildman–Crippen LogP) is 4.45. The first-order valence-corrected chi connectivity index (χ1v) is 7.35. The van der Waals surface area contributed by atoms with Crippen LogP contribution >= 0.6 is 23.2 Å². The van der Waals surface area contributed by atoms with Gasteiger partial charge < -0.3 is 9.84 Å². The van der Waals surface area contributed by atoms with Gasteiger partial charge >= 0.3 is 12.1 Å². The molecule has 0 bridgehead atoms. The van der Waals surface area contributed by atoms with E-state index in [1.807, 2.05) is 6.92 Å². The van der Waals surface area contributed by atoms with E-state index >= 15 is 0 Å². The molecular formula is C14H17Cl2NO4. The van der Waals surface area contributed by atoms with Gasteiger partial charge in [0, 0.05) is 6.54 Å². The molecule has 0 fully saturated rings. The first-order chi connectivity index (χ1) is 9.93. The minimum absolute atomic E-state index is 0.0193. The molecule has 7 heteroatoms. The van der Waals surface area contributed by atoms with Crippen LogP contribution in [0.3, 0.4) is 0 Å². The summed E-state index contributed by atoms with van der Waals surface area (Å²) in [6.45, 7) is 4.16. The van der Waals surface area contributed by atoms with E-state index in [2.05, 4.69) is 0 Å². The first-order valence-electron chi connectivity index (χ1n) is 6.59. The molecule has 1 amide bonds. The molecule has 0 saturated heterocycles. The molecule has 1 aromatic rings. The molecule has 0 aliphatic rings. The topological polar surface area (TPSA) is 66.8 Å². The van der Waals surface area contributed by atoms with Crippen LogP contribution in [0.15, 0.2) is 12.1 Å². The average Bonchev–Trinajstić information content (AvgIpc) is 2.44. The van der Waals surface area contributed by atoms with Gasteiger partial charge in [-0.25, -0.2) is 9.59 Å². The van der Waals surface area contributed by atoms with Crippen LogP contribution in [0.2, 0.25) is 10.0 Å². The largest absolute Gasteiger partial charge is 0.478 e. The average molecular weight is 334 g/mol. The molecule has 0 aliphatic heterocycles. The lowest BCUT2D eigenvalue weighted by Gasteiger charge is -2.23. The maximum Gasteiger partial charge on any atom is 0.414 e. The number of carboxylic acids is 1. The smallest absolute Gasteiger partial charge is 0.414 e. The quantitative estimate of drug-likeness (QED) is 0.780. The third kappa shape index (κ3) is 4.25. The van der Waals surface area contributed by atoms with Crippen LogP contribution in [0.25, 0.3) is 0 Å². The summed E-state index contributed by atoms with van der Waals surface area (Å²) < 4.78 is 5.11. The van der Waals surface area contributed by atoms with Gasteiger partial charge in [-0.2, -0.15) is 0 Å². The lowest BCUT2D eigenvalue weighted by Crippen LogP contribution is -2.33. The van der Waals surface area contributed by atoms with E-state index in [1.54, 1.807) is 6.92 Å². The molecule has 0 radical (unpaired) electrons. The van der Waals surface area contributed by atoms with Crippen molar-refractivity contribution < 1.29 is 19.4 Å². The molecule has 0 spiro atoms. The van der Waals surface area contributed by atoms with Gasteiger partial charge in [0.05, 0.1) is 27.9 Å². The molecule has 0 saturated carbocycles. The van der Waals surface area contributed by atoms with Crippen molar-refractivity contribution in [2.75, 3.05) is 18.1 Å². The van der Waals surface area contributed by atoms with Crippen molar-refractivity contribution in [1.29, 1.82) is 0 Å². The summed E-state index contributed by atoms with van der Waals surface area (Å²) in [7, 11) is 0. The second-order valence-corrected chi connectivity index (χ2v) is 5.06. The lowest BCUT2D eigenvalue weighted by molar-refractivity contribution is 0.0697. The van der Waals surface area contributed by atoms with Crippen LogP contribution in [-0.4, -0.2) is 30.3 Å². The summed E-state index contributed by atoms with van der Waals surface area (Å²) in [6, 6.07) is 2.70. The van der Waals surface area contributed by atoms with Gasteiger partial charge in [-0.1, -0.05) is 36.5 Å². The van der Waals surface area contributed by atoms with E-state index in [1.165, 1.54) is 17.0 Å². The number of hydrogen-bond donors (Lipinski definition) is 1. The number of rotatable bonds is 6. The number of halogens is 2. The molecule has 0 atom stereocenters. The number of nitrogens with zero attached hydrogens (tertiary/aromatic N) is 1. The minimum Gasteiger partial charge on any atom is -0.478 e. The van der Waals surface area contributed by atoms with Crippen molar-refractivity contribution in [2.45, 2.75) is 26.7 Å². The van der Waals surface area contributed by atoms with Crippen LogP contribution < -0.4 is 4.90 Å². The molecule has 0 aliphatic carbocycles. The zero-order valence-corrected chi connectivity index (χ0v) is 13.4. The zero-order valence-electron chi connectivity index (χ0n) is 11.9. The highest BCUT2D eigenvalue weighted by atomic mass is 35.5. The molecule has 1 N–H and O–H groups in total. The maximum atomic E-state index is 12.1. The summed E-state index contributed by atoms with van der Waals surface area (Å²) in [5, 5.41) is 9.44. The molecular weight excluding hydrogens is 317 g/mol. The fourth-order valence-corrected chi connectivity index (χ4v) is 2.16. The van der Waals surface area contributed by atoms with E-state index in [4.69, 9.17) is 27.9 Å². The van der Waals surface area contributed by atoms with Crippen molar-refractivity contribution in [3.63, 3.8) is 0 Å². The second kappa shape index (κ2) is 8.10. The van der Waals surface area contributed by atoms with Crippen LogP contribution in [0.4, 0.5) is 10.5 Å². The Morgan fingerprint density at radius 1 is 1.29 bits per heavy atom. The van der Waals surface area contributed by atoms with Crippen LogP contribution in [0.1, 0.15) is 37.0 Å². The van der Waals surface area contributed by atoms with E-state index in [9.17, 15) is 14.7 Å². The summed E-state index contributed by atoms with van der Waals surface area (Å²) in [4.78, 5) is 24.6. The summed E-state index contributed by atoms with van der Waals surface area (Å²) in [5.74, 6) is -1.19. The van der Waals surface area contributed by atoms with Crippen LogP contribution in [0.5, 0.6) is 0 Å². The Morgan fingerprint density at radius 2 is 1.95 bits per heavy atom. The molecule has 1 rings (SSSR count). The van der Waals surface area contributed by atoms with Crippen molar-refractivity contribution in [1.82, 2.24) is 0 Å². The fourth-order valence-electron chi connectivity index (χ4n) is 1.74. The normalized spacial score (nSPS) is 10.3. The number of amides is 1.